The molecule has 1 aliphatic heterocycles. The molecule has 0 bridgehead atoms. The highest BCUT2D eigenvalue weighted by Gasteiger charge is 2.34. The molecule has 0 unspecified atom stereocenters. The fourth-order valence-electron chi connectivity index (χ4n) is 3.42. The second kappa shape index (κ2) is 6.27. The van der Waals surface area contributed by atoms with Gasteiger partial charge < -0.3 is 8.98 Å². The number of hydrogen-bond donors (Lipinski definition) is 0. The van der Waals surface area contributed by atoms with Crippen LogP contribution in [-0.2, 0) is 10.0 Å². The molecule has 0 aromatic carbocycles. The molecule has 0 radical (unpaired) electrons. The molecule has 7 nitrogen and oxygen atoms in total. The first kappa shape index (κ1) is 16.3. The number of rotatable bonds is 5. The van der Waals surface area contributed by atoms with Gasteiger partial charge in [0.15, 0.2) is 17.2 Å². The minimum Gasteiger partial charge on any atom is -0.461 e. The van der Waals surface area contributed by atoms with Crippen molar-refractivity contribution in [1.82, 2.24) is 18.8 Å². The van der Waals surface area contributed by atoms with Crippen LogP contribution in [0.4, 0.5) is 0 Å². The number of nitrogens with zero attached hydrogens (tertiary/aromatic N) is 4. The first-order valence-electron chi connectivity index (χ1n) is 8.45. The number of pyridine rings is 1. The summed E-state index contributed by atoms with van der Waals surface area (Å²) in [7, 11) is -3.20. The van der Waals surface area contributed by atoms with E-state index in [-0.39, 0.29) is 11.8 Å². The third kappa shape index (κ3) is 2.85. The Hall–Kier alpha value is -2.19. The zero-order chi connectivity index (χ0) is 17.4. The zero-order valence-corrected chi connectivity index (χ0v) is 14.8. The van der Waals surface area contributed by atoms with Crippen LogP contribution in [-0.4, -0.2) is 46.1 Å². The molecule has 132 valence electrons. The Balaban J connectivity index is 1.76. The number of aromatic nitrogens is 3. The molecular weight excluding hydrogens is 340 g/mol. The van der Waals surface area contributed by atoms with Gasteiger partial charge in [0.1, 0.15) is 5.52 Å². The minimum atomic E-state index is -3.20. The molecule has 1 saturated heterocycles. The number of imidazole rings is 1. The first-order valence-corrected chi connectivity index (χ1v) is 10.1. The zero-order valence-electron chi connectivity index (χ0n) is 14.0. The van der Waals surface area contributed by atoms with Crippen molar-refractivity contribution in [3.63, 3.8) is 0 Å². The van der Waals surface area contributed by atoms with Crippen LogP contribution >= 0.6 is 0 Å². The van der Waals surface area contributed by atoms with E-state index in [1.807, 2.05) is 35.8 Å². The summed E-state index contributed by atoms with van der Waals surface area (Å²) in [6.07, 6.45) is 4.70. The third-order valence-corrected chi connectivity index (χ3v) is 6.58. The molecule has 0 spiro atoms. The van der Waals surface area contributed by atoms with E-state index in [4.69, 9.17) is 4.42 Å². The molecule has 0 saturated carbocycles. The van der Waals surface area contributed by atoms with Crippen molar-refractivity contribution in [3.05, 3.63) is 36.7 Å². The lowest BCUT2D eigenvalue weighted by atomic mass is 10.2. The van der Waals surface area contributed by atoms with Crippen LogP contribution in [0.5, 0.6) is 0 Å². The Labute approximate surface area is 146 Å². The highest BCUT2D eigenvalue weighted by atomic mass is 32.2. The Bertz CT molecular complexity index is 979. The maximum Gasteiger partial charge on any atom is 0.214 e. The lowest BCUT2D eigenvalue weighted by molar-refractivity contribution is 0.453. The van der Waals surface area contributed by atoms with Crippen molar-refractivity contribution >= 4 is 21.2 Å². The average Bonchev–Trinajstić information content (AvgIpc) is 3.32. The van der Waals surface area contributed by atoms with E-state index in [1.54, 1.807) is 16.8 Å². The van der Waals surface area contributed by atoms with E-state index in [0.717, 1.165) is 17.6 Å². The molecule has 8 heteroatoms. The predicted octanol–water partition coefficient (Wildman–Crippen LogP) is 2.68. The van der Waals surface area contributed by atoms with E-state index in [1.165, 1.54) is 0 Å². The largest absolute Gasteiger partial charge is 0.461 e. The van der Waals surface area contributed by atoms with Crippen LogP contribution in [0.15, 0.2) is 41.1 Å². The summed E-state index contributed by atoms with van der Waals surface area (Å²) in [5.41, 5.74) is 1.54. The maximum atomic E-state index is 12.4. The van der Waals surface area contributed by atoms with Crippen LogP contribution in [0.2, 0.25) is 0 Å². The van der Waals surface area contributed by atoms with Gasteiger partial charge in [-0.05, 0) is 37.1 Å². The normalized spacial score (nSPS) is 19.0. The molecule has 1 atom stereocenters. The van der Waals surface area contributed by atoms with E-state index in [2.05, 4.69) is 9.97 Å². The quantitative estimate of drug-likeness (QED) is 0.699. The van der Waals surface area contributed by atoms with Crippen LogP contribution < -0.4 is 0 Å². The third-order valence-electron chi connectivity index (χ3n) is 4.54. The van der Waals surface area contributed by atoms with Crippen LogP contribution in [0.25, 0.3) is 22.7 Å². The summed E-state index contributed by atoms with van der Waals surface area (Å²) in [4.78, 5) is 9.13. The van der Waals surface area contributed by atoms with Gasteiger partial charge >= 0.3 is 0 Å². The molecule has 3 aromatic rings. The summed E-state index contributed by atoms with van der Waals surface area (Å²) < 4.78 is 33.9. The smallest absolute Gasteiger partial charge is 0.214 e. The molecular formula is C17H20N4O3S. The van der Waals surface area contributed by atoms with Crippen molar-refractivity contribution in [1.29, 1.82) is 0 Å². The van der Waals surface area contributed by atoms with Crippen molar-refractivity contribution in [2.45, 2.75) is 25.8 Å². The molecule has 1 aliphatic rings. The number of sulfonamides is 1. The van der Waals surface area contributed by atoms with E-state index in [0.29, 0.717) is 31.1 Å². The standard InChI is InChI=1S/C17H20N4O3S/c1-2-11-25(22,23)20-9-7-13(12-20)21-16-14(5-3-8-18-16)19-17(21)15-6-4-10-24-15/h3-6,8,10,13H,2,7,9,11-12H2,1H3/t13-/m1/s1. The summed E-state index contributed by atoms with van der Waals surface area (Å²) >= 11 is 0. The highest BCUT2D eigenvalue weighted by molar-refractivity contribution is 7.89. The van der Waals surface area contributed by atoms with E-state index in [9.17, 15) is 8.42 Å². The van der Waals surface area contributed by atoms with E-state index >= 15 is 0 Å². The molecule has 0 aliphatic carbocycles. The fraction of sp³-hybridized carbons (Fsp3) is 0.412. The number of fused-ring (bicyclic) bond motifs is 1. The number of hydrogen-bond acceptors (Lipinski definition) is 5. The summed E-state index contributed by atoms with van der Waals surface area (Å²) in [5, 5.41) is 0. The van der Waals surface area contributed by atoms with Gasteiger partial charge in [-0.2, -0.15) is 4.31 Å². The predicted molar refractivity (Wildman–Crippen MR) is 94.5 cm³/mol. The molecule has 25 heavy (non-hydrogen) atoms. The van der Waals surface area contributed by atoms with E-state index < -0.39 is 10.0 Å². The van der Waals surface area contributed by atoms with Crippen molar-refractivity contribution in [2.24, 2.45) is 0 Å². The molecule has 4 rings (SSSR count). The lowest BCUT2D eigenvalue weighted by Gasteiger charge is -2.18. The minimum absolute atomic E-state index is 0.00775. The Morgan fingerprint density at radius 2 is 2.20 bits per heavy atom. The molecule has 1 fully saturated rings. The van der Waals surface area contributed by atoms with Crippen molar-refractivity contribution in [2.75, 3.05) is 18.8 Å². The van der Waals surface area contributed by atoms with Crippen LogP contribution in [0.3, 0.4) is 0 Å². The Kier molecular flexibility index (Phi) is 4.09. The van der Waals surface area contributed by atoms with Crippen molar-refractivity contribution < 1.29 is 12.8 Å². The average molecular weight is 360 g/mol. The van der Waals surface area contributed by atoms with Gasteiger partial charge in [-0.1, -0.05) is 6.92 Å². The van der Waals surface area contributed by atoms with Gasteiger partial charge in [0.2, 0.25) is 10.0 Å². The molecule has 0 N–H and O–H groups in total. The summed E-state index contributed by atoms with van der Waals surface area (Å²) in [6, 6.07) is 7.42. The molecule has 0 amide bonds. The summed E-state index contributed by atoms with van der Waals surface area (Å²) in [5.74, 6) is 1.54. The molecule has 3 aromatic heterocycles. The lowest BCUT2D eigenvalue weighted by Crippen LogP contribution is -2.31. The number of furan rings is 1. The van der Waals surface area contributed by atoms with Crippen molar-refractivity contribution in [3.8, 4) is 11.6 Å². The fourth-order valence-corrected chi connectivity index (χ4v) is 4.97. The molecule has 4 heterocycles. The van der Waals surface area contributed by atoms with Gasteiger partial charge in [0, 0.05) is 19.3 Å². The van der Waals surface area contributed by atoms with Crippen LogP contribution in [0, 0.1) is 0 Å². The Morgan fingerprint density at radius 1 is 1.32 bits per heavy atom. The monoisotopic (exact) mass is 360 g/mol. The Morgan fingerprint density at radius 3 is 2.96 bits per heavy atom. The second-order valence-corrected chi connectivity index (χ2v) is 8.33. The van der Waals surface area contributed by atoms with Gasteiger partial charge in [-0.3, -0.25) is 0 Å². The topological polar surface area (TPSA) is 81.2 Å². The maximum absolute atomic E-state index is 12.4. The van der Waals surface area contributed by atoms with Crippen LogP contribution in [0.1, 0.15) is 25.8 Å². The second-order valence-electron chi connectivity index (χ2n) is 6.25. The first-order chi connectivity index (χ1) is 12.1. The van der Waals surface area contributed by atoms with Gasteiger partial charge in [-0.25, -0.2) is 18.4 Å². The van der Waals surface area contributed by atoms with Gasteiger partial charge in [0.25, 0.3) is 0 Å². The van der Waals surface area contributed by atoms with Gasteiger partial charge in [-0.15, -0.1) is 0 Å². The summed E-state index contributed by atoms with van der Waals surface area (Å²) in [6.45, 7) is 2.85. The van der Waals surface area contributed by atoms with Gasteiger partial charge in [0.05, 0.1) is 18.1 Å². The SMILES string of the molecule is CCCS(=O)(=O)N1CC[C@@H](n2c(-c3ccco3)nc3cccnc32)C1. The highest BCUT2D eigenvalue weighted by Crippen LogP contribution is 2.33.